The molecule has 2 heterocycles. The zero-order valence-corrected chi connectivity index (χ0v) is 24.0. The summed E-state index contributed by atoms with van der Waals surface area (Å²) in [4.78, 5) is 23.0. The van der Waals surface area contributed by atoms with E-state index in [1.54, 1.807) is 11.8 Å². The molecule has 214 valence electrons. The third-order valence-electron chi connectivity index (χ3n) is 7.81. The molecule has 1 saturated carbocycles. The van der Waals surface area contributed by atoms with E-state index in [2.05, 4.69) is 16.4 Å². The Hall–Kier alpha value is -3.76. The number of halogens is 1. The zero-order valence-electron chi connectivity index (χ0n) is 23.2. The van der Waals surface area contributed by atoms with Crippen molar-refractivity contribution in [1.82, 2.24) is 20.2 Å². The van der Waals surface area contributed by atoms with Crippen molar-refractivity contribution < 1.29 is 22.3 Å². The summed E-state index contributed by atoms with van der Waals surface area (Å²) in [5.74, 6) is 1.21. The second-order valence-corrected chi connectivity index (χ2v) is 12.9. The average Bonchev–Trinajstić information content (AvgIpc) is 3.72. The first-order valence-corrected chi connectivity index (χ1v) is 15.9. The summed E-state index contributed by atoms with van der Waals surface area (Å²) in [6.45, 7) is 4.34. The molecule has 3 aromatic carbocycles. The molecule has 2 aliphatic rings. The van der Waals surface area contributed by atoms with Crippen LogP contribution in [0.3, 0.4) is 0 Å². The normalized spacial score (nSPS) is 15.4. The molecule has 0 atom stereocenters. The van der Waals surface area contributed by atoms with E-state index in [-0.39, 0.29) is 30.0 Å². The number of amides is 1. The van der Waals surface area contributed by atoms with Crippen LogP contribution in [0.15, 0.2) is 53.4 Å². The van der Waals surface area contributed by atoms with Gasteiger partial charge in [0.15, 0.2) is 9.84 Å². The highest BCUT2D eigenvalue weighted by atomic mass is 32.2. The number of benzene rings is 3. The Kier molecular flexibility index (Phi) is 7.29. The molecule has 1 aromatic heterocycles. The quantitative estimate of drug-likeness (QED) is 0.310. The van der Waals surface area contributed by atoms with Crippen LogP contribution in [0.1, 0.15) is 47.1 Å². The number of fused-ring (bicyclic) bond motifs is 2. The number of carbonyl (C=O) groups is 1. The number of rotatable bonds is 8. The number of nitrogens with zero attached hydrogens (tertiary/aromatic N) is 2. The van der Waals surface area contributed by atoms with Crippen molar-refractivity contribution >= 4 is 26.8 Å². The number of nitrogens with one attached hydrogen (secondary N) is 2. The van der Waals surface area contributed by atoms with Gasteiger partial charge in [-0.3, -0.25) is 4.79 Å². The fourth-order valence-corrected chi connectivity index (χ4v) is 6.16. The van der Waals surface area contributed by atoms with Crippen LogP contribution in [-0.2, 0) is 29.3 Å². The van der Waals surface area contributed by atoms with Gasteiger partial charge in [-0.25, -0.2) is 17.8 Å². The second-order valence-electron chi connectivity index (χ2n) is 10.9. The minimum absolute atomic E-state index is 0.104. The van der Waals surface area contributed by atoms with Gasteiger partial charge in [-0.2, -0.15) is 0 Å². The number of ether oxygens (including phenoxy) is 1. The van der Waals surface area contributed by atoms with Gasteiger partial charge < -0.3 is 19.9 Å². The van der Waals surface area contributed by atoms with Crippen molar-refractivity contribution in [3.63, 3.8) is 0 Å². The number of carbonyl (C=O) groups excluding carboxylic acids is 1. The predicted octanol–water partition coefficient (Wildman–Crippen LogP) is 4.87. The Morgan fingerprint density at radius 3 is 2.68 bits per heavy atom. The lowest BCUT2D eigenvalue weighted by molar-refractivity contribution is 0.0731. The van der Waals surface area contributed by atoms with Gasteiger partial charge in [0.2, 0.25) is 0 Å². The maximum atomic E-state index is 15.1. The fraction of sp³-hybridized carbons (Fsp3) is 0.355. The van der Waals surface area contributed by atoms with E-state index in [9.17, 15) is 13.2 Å². The van der Waals surface area contributed by atoms with E-state index in [1.165, 1.54) is 25.0 Å². The average molecular weight is 577 g/mol. The number of imidazole rings is 1. The number of H-pyrrole nitrogens is 1. The molecule has 41 heavy (non-hydrogen) atoms. The van der Waals surface area contributed by atoms with Gasteiger partial charge in [0.1, 0.15) is 28.9 Å². The van der Waals surface area contributed by atoms with Gasteiger partial charge in [0.25, 0.3) is 5.91 Å². The summed E-state index contributed by atoms with van der Waals surface area (Å²) in [5, 5.41) is 3.47. The monoisotopic (exact) mass is 576 g/mol. The topological polar surface area (TPSA) is 104 Å². The molecule has 1 aliphatic carbocycles. The molecule has 0 spiro atoms. The van der Waals surface area contributed by atoms with Crippen LogP contribution in [-0.4, -0.2) is 55.1 Å². The summed E-state index contributed by atoms with van der Waals surface area (Å²) in [6, 6.07) is 14.6. The molecule has 8 nitrogen and oxygen atoms in total. The first kappa shape index (κ1) is 27.4. The van der Waals surface area contributed by atoms with Crippen molar-refractivity contribution in [3.05, 3.63) is 76.9 Å². The maximum Gasteiger partial charge on any atom is 0.254 e. The van der Waals surface area contributed by atoms with E-state index in [1.807, 2.05) is 30.3 Å². The van der Waals surface area contributed by atoms with E-state index in [0.717, 1.165) is 52.3 Å². The lowest BCUT2D eigenvalue weighted by atomic mass is 10.0. The zero-order chi connectivity index (χ0) is 28.7. The Bertz CT molecular complexity index is 1750. The first-order valence-electron chi connectivity index (χ1n) is 14.0. The van der Waals surface area contributed by atoms with Crippen LogP contribution in [0.25, 0.3) is 22.2 Å². The maximum absolute atomic E-state index is 15.1. The van der Waals surface area contributed by atoms with Crippen LogP contribution < -0.4 is 10.1 Å². The number of sulfone groups is 1. The van der Waals surface area contributed by atoms with Crippen molar-refractivity contribution in [2.24, 2.45) is 5.92 Å². The van der Waals surface area contributed by atoms with Gasteiger partial charge in [-0.15, -0.1) is 0 Å². The molecule has 0 unspecified atom stereocenters. The van der Waals surface area contributed by atoms with Gasteiger partial charge in [-0.05, 0) is 79.3 Å². The number of hydrogen-bond donors (Lipinski definition) is 2. The summed E-state index contributed by atoms with van der Waals surface area (Å²) in [7, 11) is -3.76. The molecule has 1 amide bonds. The Morgan fingerprint density at radius 1 is 1.15 bits per heavy atom. The van der Waals surface area contributed by atoms with Crippen LogP contribution in [0.5, 0.6) is 5.75 Å². The Labute approximate surface area is 238 Å². The summed E-state index contributed by atoms with van der Waals surface area (Å²) < 4.78 is 45.1. The molecule has 10 heteroatoms. The molecular formula is C31H33FN4O4S. The largest absolute Gasteiger partial charge is 0.491 e. The summed E-state index contributed by atoms with van der Waals surface area (Å²) in [6.07, 6.45) is 3.77. The highest BCUT2D eigenvalue weighted by Gasteiger charge is 2.27. The molecule has 6 rings (SSSR count). The third kappa shape index (κ3) is 5.71. The van der Waals surface area contributed by atoms with Crippen molar-refractivity contribution in [1.29, 1.82) is 0 Å². The van der Waals surface area contributed by atoms with Crippen molar-refractivity contribution in [2.75, 3.05) is 26.0 Å². The minimum atomic E-state index is -3.76. The van der Waals surface area contributed by atoms with Gasteiger partial charge in [0.05, 0.1) is 24.1 Å². The molecular weight excluding hydrogens is 543 g/mol. The van der Waals surface area contributed by atoms with Gasteiger partial charge in [-0.1, -0.05) is 19.1 Å². The van der Waals surface area contributed by atoms with Crippen LogP contribution in [0, 0.1) is 11.7 Å². The number of aromatic nitrogens is 2. The smallest absolute Gasteiger partial charge is 0.254 e. The lowest BCUT2D eigenvalue weighted by Gasteiger charge is -2.22. The van der Waals surface area contributed by atoms with E-state index in [0.29, 0.717) is 25.4 Å². The van der Waals surface area contributed by atoms with E-state index < -0.39 is 20.5 Å². The van der Waals surface area contributed by atoms with Crippen LogP contribution in [0.2, 0.25) is 0 Å². The SMILES string of the molecule is CCc1c(C(=O)N2CCOc3ccc(-c4ccc5nc(CNCC6CC6)[nH]c5c4)cc3C2)ccc(S(C)(=O)=O)c1F. The standard InChI is InChI=1S/C31H33FN4O4S/c1-3-23-24(8-11-28(30(23)32)41(2,38)39)31(37)36-12-13-40-27-10-7-20(14-22(27)18-36)21-6-9-25-26(15-21)35-29(34-25)17-33-16-19-4-5-19/h6-11,14-15,19,33H,3-5,12-13,16-18H2,1-2H3,(H,34,35). The summed E-state index contributed by atoms with van der Waals surface area (Å²) in [5.41, 5.74) is 4.97. The molecule has 1 aliphatic heterocycles. The number of aromatic amines is 1. The molecule has 2 N–H and O–H groups in total. The Balaban J connectivity index is 1.25. The van der Waals surface area contributed by atoms with Crippen molar-refractivity contribution in [2.45, 2.75) is 44.2 Å². The van der Waals surface area contributed by atoms with Crippen LogP contribution in [0.4, 0.5) is 4.39 Å². The molecule has 4 aromatic rings. The highest BCUT2D eigenvalue weighted by molar-refractivity contribution is 7.90. The first-order chi connectivity index (χ1) is 19.7. The fourth-order valence-electron chi connectivity index (χ4n) is 5.39. The highest BCUT2D eigenvalue weighted by Crippen LogP contribution is 2.32. The van der Waals surface area contributed by atoms with E-state index >= 15 is 4.39 Å². The van der Waals surface area contributed by atoms with E-state index in [4.69, 9.17) is 9.72 Å². The summed E-state index contributed by atoms with van der Waals surface area (Å²) >= 11 is 0. The Morgan fingerprint density at radius 2 is 1.93 bits per heavy atom. The second kappa shape index (κ2) is 10.9. The van der Waals surface area contributed by atoms with Crippen LogP contribution >= 0.6 is 0 Å². The van der Waals surface area contributed by atoms with Crippen molar-refractivity contribution in [3.8, 4) is 16.9 Å². The van der Waals surface area contributed by atoms with Gasteiger partial charge in [0, 0.05) is 29.5 Å². The minimum Gasteiger partial charge on any atom is -0.491 e. The predicted molar refractivity (Wildman–Crippen MR) is 155 cm³/mol. The molecule has 0 bridgehead atoms. The molecule has 0 radical (unpaired) electrons. The molecule has 0 saturated heterocycles. The molecule has 1 fully saturated rings. The van der Waals surface area contributed by atoms with Gasteiger partial charge >= 0.3 is 0 Å². The lowest BCUT2D eigenvalue weighted by Crippen LogP contribution is -2.33. The number of hydrogen-bond acceptors (Lipinski definition) is 6. The third-order valence-corrected chi connectivity index (χ3v) is 8.92.